The first-order chi connectivity index (χ1) is 0. The molecule has 0 nitrogen and oxygen atoms in total. The molecule has 0 amide bonds. The molecule has 0 fully saturated rings. The zero-order valence-corrected chi connectivity index (χ0v) is 11.1. The van der Waals surface area contributed by atoms with Crippen molar-refractivity contribution in [3.63, 3.8) is 0 Å². The third kappa shape index (κ3) is 8.82. The molecule has 0 heterocycles. The molecule has 7 radical (unpaired) electrons. The minimum atomic E-state index is 0. The normalized spacial score (nSPS) is 0. The van der Waals surface area contributed by atoms with Gasteiger partial charge in [-0.15, -0.1) is 0 Å². The third-order valence-corrected chi connectivity index (χ3v) is 0. The maximum Gasteiger partial charge on any atom is 0 e. The van der Waals surface area contributed by atoms with Gasteiger partial charge in [-0.1, -0.05) is 0 Å². The molecule has 0 aromatic heterocycles. The summed E-state index contributed by atoms with van der Waals surface area (Å²) in [6.07, 6.45) is 0. The molecule has 0 aromatic carbocycles. The fourth-order valence-corrected chi connectivity index (χ4v) is 0. The molecule has 0 N–H and O–H groups in total. The summed E-state index contributed by atoms with van der Waals surface area (Å²) in [6.45, 7) is 0. The van der Waals surface area contributed by atoms with Crippen LogP contribution in [0, 0.1) is 0 Å². The second kappa shape index (κ2) is 17.6. The number of hydrogen-bond acceptors (Lipinski definition) is 0. The first-order valence-corrected chi connectivity index (χ1v) is 0. The van der Waals surface area contributed by atoms with Gasteiger partial charge in [0.25, 0.3) is 0 Å². The predicted molar refractivity (Wildman–Crippen MR) is 11.5 cm³/mol. The predicted octanol–water partition coefficient (Wildman–Crippen LogP) is -0.767. The fourth-order valence-electron chi connectivity index (χ4n) is 0. The van der Waals surface area contributed by atoms with Crippen LogP contribution < -0.4 is 0 Å². The van der Waals surface area contributed by atoms with Crippen molar-refractivity contribution in [1.29, 1.82) is 0 Å². The van der Waals surface area contributed by atoms with Crippen LogP contribution in [0.3, 0.4) is 0 Å². The van der Waals surface area contributed by atoms with E-state index in [4.69, 9.17) is 0 Å². The first kappa shape index (κ1) is 30.8. The molecular weight excluding hydrogens is 319 g/mol. The van der Waals surface area contributed by atoms with E-state index in [2.05, 4.69) is 0 Å². The molecule has 0 aromatic rings. The van der Waals surface area contributed by atoms with E-state index >= 15 is 0 Å². The Morgan fingerprint density at radius 2 is 1.00 bits per heavy atom. The van der Waals surface area contributed by atoms with Crippen LogP contribution >= 0.6 is 0 Å². The van der Waals surface area contributed by atoms with E-state index in [1.54, 1.807) is 0 Å². The first-order valence-electron chi connectivity index (χ1n) is 0. The molecule has 0 aliphatic carbocycles. The zero-order chi connectivity index (χ0) is 0. The largest absolute Gasteiger partial charge is 0 e. The quantitative estimate of drug-likeness (QED) is 0.515. The van der Waals surface area contributed by atoms with Crippen molar-refractivity contribution in [2.45, 2.75) is 0 Å². The summed E-state index contributed by atoms with van der Waals surface area (Å²) in [5, 5.41) is 0. The van der Waals surface area contributed by atoms with Crippen LogP contribution in [-0.4, -0.2) is 43.8 Å². The average molecular weight is 319 g/mol. The summed E-state index contributed by atoms with van der Waals surface area (Å²) in [5.41, 5.74) is 0. The molecule has 0 aliphatic rings. The van der Waals surface area contributed by atoms with Gasteiger partial charge in [0.2, 0.25) is 0 Å². The molecule has 0 saturated carbocycles. The Labute approximate surface area is 79.2 Å². The summed E-state index contributed by atoms with van der Waals surface area (Å²) in [6, 6.07) is 0. The Kier molecular flexibility index (Phi) is 136. The number of rotatable bonds is 0. The molecule has 4 heavy (non-hydrogen) atoms. The summed E-state index contributed by atoms with van der Waals surface area (Å²) in [4.78, 5) is 0. The summed E-state index contributed by atoms with van der Waals surface area (Å²) in [7, 11) is 0. The van der Waals surface area contributed by atoms with Crippen LogP contribution in [0.25, 0.3) is 0 Å². The Morgan fingerprint density at radius 3 is 1.00 bits per heavy atom. The zero-order valence-electron chi connectivity index (χ0n) is 2.03. The molecular formula is AsCuInZn. The van der Waals surface area contributed by atoms with Crippen molar-refractivity contribution in [3.05, 3.63) is 0 Å². The van der Waals surface area contributed by atoms with Gasteiger partial charge in [-0.25, -0.2) is 0 Å². The molecule has 0 saturated heterocycles. The van der Waals surface area contributed by atoms with Crippen LogP contribution in [0.1, 0.15) is 0 Å². The van der Waals surface area contributed by atoms with Gasteiger partial charge in [-0.3, -0.25) is 0 Å². The smallest absolute Gasteiger partial charge is 0 e. The average Bonchev–Trinajstić information content (AvgIpc) is 0. The van der Waals surface area contributed by atoms with E-state index in [1.807, 2.05) is 0 Å². The SMILES string of the molecule is [As].[Cu].[In].[Zn]. The van der Waals surface area contributed by atoms with Crippen LogP contribution in [0.15, 0.2) is 0 Å². The van der Waals surface area contributed by atoms with Crippen LogP contribution in [0.4, 0.5) is 0 Å². The summed E-state index contributed by atoms with van der Waals surface area (Å²) >= 11 is 0. The van der Waals surface area contributed by atoms with E-state index in [9.17, 15) is 0 Å². The van der Waals surface area contributed by atoms with Crippen molar-refractivity contribution >= 4 is 43.8 Å². The molecule has 0 aliphatic heterocycles. The van der Waals surface area contributed by atoms with Gasteiger partial charge in [0.1, 0.15) is 0 Å². The van der Waals surface area contributed by atoms with Crippen molar-refractivity contribution in [2.24, 2.45) is 0 Å². The Morgan fingerprint density at radius 1 is 1.00 bits per heavy atom. The van der Waals surface area contributed by atoms with Gasteiger partial charge in [-0.2, -0.15) is 0 Å². The molecule has 0 spiro atoms. The second-order valence-corrected chi connectivity index (χ2v) is 0. The van der Waals surface area contributed by atoms with Gasteiger partial charge in [-0.05, 0) is 0 Å². The monoisotopic (exact) mass is 317 g/mol. The standard InChI is InChI=1S/As.Cu.In.Zn. The van der Waals surface area contributed by atoms with E-state index in [-0.39, 0.29) is 80.3 Å². The topological polar surface area (TPSA) is 0 Å². The molecule has 0 bridgehead atoms. The molecule has 0 atom stereocenters. The second-order valence-electron chi connectivity index (χ2n) is 0. The van der Waals surface area contributed by atoms with Crippen molar-refractivity contribution in [2.75, 3.05) is 0 Å². The maximum absolute atomic E-state index is 0. The van der Waals surface area contributed by atoms with E-state index in [0.29, 0.717) is 0 Å². The Bertz CT molecular complexity index is 8.00. The summed E-state index contributed by atoms with van der Waals surface area (Å²) < 4.78 is 0. The molecule has 4 heteroatoms. The fraction of sp³-hybridized carbons (Fsp3) is 0. The molecule has 21 valence electrons. The van der Waals surface area contributed by atoms with Crippen LogP contribution in [0.2, 0.25) is 0 Å². The maximum atomic E-state index is 0. The molecule has 0 unspecified atom stereocenters. The third-order valence-electron chi connectivity index (χ3n) is 0. The molecule has 0 rings (SSSR count). The van der Waals surface area contributed by atoms with Crippen molar-refractivity contribution in [1.82, 2.24) is 0 Å². The Hall–Kier alpha value is 2.57. The summed E-state index contributed by atoms with van der Waals surface area (Å²) in [5.74, 6) is 0. The minimum Gasteiger partial charge on any atom is 0 e. The number of hydrogen-bond donors (Lipinski definition) is 0. The van der Waals surface area contributed by atoms with Crippen molar-refractivity contribution < 1.29 is 36.5 Å². The van der Waals surface area contributed by atoms with Crippen LogP contribution in [0.5, 0.6) is 0 Å². The Balaban J connectivity index is 0. The van der Waals surface area contributed by atoms with Gasteiger partial charge >= 0.3 is 0 Å². The van der Waals surface area contributed by atoms with E-state index in [1.165, 1.54) is 0 Å². The minimum absolute atomic E-state index is 0. The van der Waals surface area contributed by atoms with Gasteiger partial charge in [0, 0.05) is 80.3 Å². The van der Waals surface area contributed by atoms with Crippen LogP contribution in [-0.2, 0) is 36.5 Å². The van der Waals surface area contributed by atoms with Gasteiger partial charge < -0.3 is 0 Å². The van der Waals surface area contributed by atoms with Crippen molar-refractivity contribution in [3.8, 4) is 0 Å². The van der Waals surface area contributed by atoms with E-state index < -0.39 is 0 Å². The van der Waals surface area contributed by atoms with E-state index in [0.717, 1.165) is 0 Å². The van der Waals surface area contributed by atoms with Gasteiger partial charge in [0.05, 0.1) is 0 Å². The van der Waals surface area contributed by atoms with Gasteiger partial charge in [0.15, 0.2) is 0 Å².